The van der Waals surface area contributed by atoms with Crippen LogP contribution in [0.4, 0.5) is 10.1 Å². The van der Waals surface area contributed by atoms with Crippen molar-refractivity contribution in [3.63, 3.8) is 0 Å². The summed E-state index contributed by atoms with van der Waals surface area (Å²) in [5.74, 6) is -0.102. The zero-order valence-corrected chi connectivity index (χ0v) is 17.1. The highest BCUT2D eigenvalue weighted by atomic mass is 32.2. The molecule has 0 radical (unpaired) electrons. The minimum Gasteiger partial charge on any atom is -0.322 e. The third kappa shape index (κ3) is 4.42. The maximum Gasteiger partial charge on any atom is 0.255 e. The summed E-state index contributed by atoms with van der Waals surface area (Å²) in [4.78, 5) is 12.6. The summed E-state index contributed by atoms with van der Waals surface area (Å²) in [7, 11) is -3.58. The van der Waals surface area contributed by atoms with Crippen LogP contribution in [0.3, 0.4) is 0 Å². The monoisotopic (exact) mass is 404 g/mol. The number of benzene rings is 2. The molecule has 1 aliphatic heterocycles. The standard InChI is InChI=1S/C21H25FN2O3S/c1-14-10-15(2)13-24(12-14)28(26,27)19-7-4-17(5-8-19)21(25)23-20-9-6-18(22)11-16(20)3/h4-9,11,14-15H,10,12-13H2,1-3H3,(H,23,25)/t14-,15-/m1/s1. The summed E-state index contributed by atoms with van der Waals surface area (Å²) in [6, 6.07) is 10.0. The smallest absolute Gasteiger partial charge is 0.255 e. The molecule has 7 heteroatoms. The fourth-order valence-corrected chi connectivity index (χ4v) is 5.37. The van der Waals surface area contributed by atoms with Crippen molar-refractivity contribution in [2.45, 2.75) is 32.1 Å². The van der Waals surface area contributed by atoms with E-state index >= 15 is 0 Å². The van der Waals surface area contributed by atoms with Gasteiger partial charge in [-0.2, -0.15) is 4.31 Å². The molecule has 5 nitrogen and oxygen atoms in total. The second-order valence-electron chi connectivity index (χ2n) is 7.71. The van der Waals surface area contributed by atoms with E-state index in [4.69, 9.17) is 0 Å². The molecule has 1 saturated heterocycles. The van der Waals surface area contributed by atoms with Crippen molar-refractivity contribution in [2.24, 2.45) is 11.8 Å². The van der Waals surface area contributed by atoms with Gasteiger partial charge >= 0.3 is 0 Å². The summed E-state index contributed by atoms with van der Waals surface area (Å²) in [5.41, 5.74) is 1.46. The third-order valence-corrected chi connectivity index (χ3v) is 6.87. The number of sulfonamides is 1. The average Bonchev–Trinajstić information content (AvgIpc) is 2.63. The number of hydrogen-bond donors (Lipinski definition) is 1. The molecule has 1 N–H and O–H groups in total. The highest BCUT2D eigenvalue weighted by Gasteiger charge is 2.31. The van der Waals surface area contributed by atoms with Crippen molar-refractivity contribution in [1.82, 2.24) is 4.31 Å². The fraction of sp³-hybridized carbons (Fsp3) is 0.381. The van der Waals surface area contributed by atoms with Gasteiger partial charge in [0.1, 0.15) is 5.82 Å². The SMILES string of the molecule is Cc1cc(F)ccc1NC(=O)c1ccc(S(=O)(=O)N2C[C@H](C)C[C@@H](C)C2)cc1. The van der Waals surface area contributed by atoms with Crippen LogP contribution in [0.2, 0.25) is 0 Å². The van der Waals surface area contributed by atoms with Gasteiger partial charge in [0.05, 0.1) is 4.90 Å². The number of piperidine rings is 1. The van der Waals surface area contributed by atoms with Crippen LogP contribution in [0.1, 0.15) is 36.2 Å². The molecule has 0 saturated carbocycles. The zero-order chi connectivity index (χ0) is 20.5. The Labute approximate surface area is 165 Å². The van der Waals surface area contributed by atoms with Crippen molar-refractivity contribution in [3.8, 4) is 0 Å². The minimum absolute atomic E-state index is 0.184. The van der Waals surface area contributed by atoms with Crippen molar-refractivity contribution >= 4 is 21.6 Å². The summed E-state index contributed by atoms with van der Waals surface area (Å²) in [5, 5.41) is 2.72. The molecular weight excluding hydrogens is 379 g/mol. The second-order valence-corrected chi connectivity index (χ2v) is 9.64. The van der Waals surface area contributed by atoms with Gasteiger partial charge in [0.25, 0.3) is 5.91 Å². The van der Waals surface area contributed by atoms with Crippen LogP contribution < -0.4 is 5.32 Å². The lowest BCUT2D eigenvalue weighted by Crippen LogP contribution is -2.42. The lowest BCUT2D eigenvalue weighted by atomic mass is 9.94. The molecule has 0 bridgehead atoms. The predicted octanol–water partition coefficient (Wildman–Crippen LogP) is 4.05. The molecule has 28 heavy (non-hydrogen) atoms. The van der Waals surface area contributed by atoms with E-state index in [0.29, 0.717) is 41.7 Å². The number of hydrogen-bond acceptors (Lipinski definition) is 3. The Balaban J connectivity index is 1.76. The molecule has 0 aliphatic carbocycles. The molecule has 2 atom stereocenters. The lowest BCUT2D eigenvalue weighted by Gasteiger charge is -2.34. The van der Waals surface area contributed by atoms with Crippen LogP contribution in [-0.4, -0.2) is 31.7 Å². The third-order valence-electron chi connectivity index (χ3n) is 5.03. The molecule has 1 fully saturated rings. The van der Waals surface area contributed by atoms with Crippen LogP contribution in [0.5, 0.6) is 0 Å². The van der Waals surface area contributed by atoms with Gasteiger partial charge < -0.3 is 5.32 Å². The largest absolute Gasteiger partial charge is 0.322 e. The first kappa shape index (κ1) is 20.5. The number of halogens is 1. The molecule has 150 valence electrons. The Morgan fingerprint density at radius 1 is 1.07 bits per heavy atom. The maximum atomic E-state index is 13.2. The molecule has 0 spiro atoms. The lowest BCUT2D eigenvalue weighted by molar-refractivity contribution is 0.102. The summed E-state index contributed by atoms with van der Waals surface area (Å²) in [6.45, 7) is 6.85. The van der Waals surface area contributed by atoms with Gasteiger partial charge in [0.2, 0.25) is 10.0 Å². The van der Waals surface area contributed by atoms with E-state index in [1.807, 2.05) is 0 Å². The molecular formula is C21H25FN2O3S. The number of carbonyl (C=O) groups is 1. The molecule has 0 unspecified atom stereocenters. The fourth-order valence-electron chi connectivity index (χ4n) is 3.69. The van der Waals surface area contributed by atoms with Gasteiger partial charge in [-0.3, -0.25) is 4.79 Å². The Morgan fingerprint density at radius 2 is 1.68 bits per heavy atom. The normalized spacial score (nSPS) is 20.7. The van der Waals surface area contributed by atoms with E-state index in [0.717, 1.165) is 6.42 Å². The Hall–Kier alpha value is -2.25. The molecule has 1 heterocycles. The van der Waals surface area contributed by atoms with Crippen LogP contribution >= 0.6 is 0 Å². The first-order valence-electron chi connectivity index (χ1n) is 9.34. The number of aryl methyl sites for hydroxylation is 1. The highest BCUT2D eigenvalue weighted by Crippen LogP contribution is 2.27. The van der Waals surface area contributed by atoms with Crippen molar-refractivity contribution in [2.75, 3.05) is 18.4 Å². The van der Waals surface area contributed by atoms with Gasteiger partial charge in [-0.1, -0.05) is 13.8 Å². The molecule has 2 aromatic carbocycles. The van der Waals surface area contributed by atoms with Gasteiger partial charge in [-0.05, 0) is 73.2 Å². The number of nitrogens with zero attached hydrogens (tertiary/aromatic N) is 1. The first-order valence-corrected chi connectivity index (χ1v) is 10.8. The highest BCUT2D eigenvalue weighted by molar-refractivity contribution is 7.89. The summed E-state index contributed by atoms with van der Waals surface area (Å²) in [6.07, 6.45) is 1.02. The number of amides is 1. The van der Waals surface area contributed by atoms with E-state index < -0.39 is 10.0 Å². The Morgan fingerprint density at radius 3 is 2.25 bits per heavy atom. The maximum absolute atomic E-state index is 13.2. The van der Waals surface area contributed by atoms with E-state index in [1.54, 1.807) is 6.92 Å². The zero-order valence-electron chi connectivity index (χ0n) is 16.3. The predicted molar refractivity (Wildman–Crippen MR) is 107 cm³/mol. The number of nitrogens with one attached hydrogen (secondary N) is 1. The van der Waals surface area contributed by atoms with Crippen molar-refractivity contribution in [1.29, 1.82) is 0 Å². The van der Waals surface area contributed by atoms with Crippen LogP contribution in [0.15, 0.2) is 47.4 Å². The molecule has 2 aromatic rings. The van der Waals surface area contributed by atoms with Crippen LogP contribution in [0.25, 0.3) is 0 Å². The summed E-state index contributed by atoms with van der Waals surface area (Å²) < 4.78 is 40.6. The molecule has 0 aromatic heterocycles. The average molecular weight is 405 g/mol. The van der Waals surface area contributed by atoms with E-state index in [-0.39, 0.29) is 16.6 Å². The summed E-state index contributed by atoms with van der Waals surface area (Å²) >= 11 is 0. The molecule has 1 aliphatic rings. The van der Waals surface area contributed by atoms with E-state index in [2.05, 4.69) is 19.2 Å². The van der Waals surface area contributed by atoms with Crippen LogP contribution in [0, 0.1) is 24.6 Å². The Bertz CT molecular complexity index is 964. The Kier molecular flexibility index (Phi) is 5.86. The molecule has 1 amide bonds. The van der Waals surface area contributed by atoms with Crippen LogP contribution in [-0.2, 0) is 10.0 Å². The number of anilines is 1. The second kappa shape index (κ2) is 8.01. The van der Waals surface area contributed by atoms with Gasteiger partial charge in [0.15, 0.2) is 0 Å². The van der Waals surface area contributed by atoms with Gasteiger partial charge in [-0.25, -0.2) is 12.8 Å². The van der Waals surface area contributed by atoms with Crippen molar-refractivity contribution < 1.29 is 17.6 Å². The number of rotatable bonds is 4. The van der Waals surface area contributed by atoms with Gasteiger partial charge in [-0.15, -0.1) is 0 Å². The number of carbonyl (C=O) groups excluding carboxylic acids is 1. The van der Waals surface area contributed by atoms with E-state index in [9.17, 15) is 17.6 Å². The van der Waals surface area contributed by atoms with Crippen molar-refractivity contribution in [3.05, 3.63) is 59.4 Å². The van der Waals surface area contributed by atoms with E-state index in [1.165, 1.54) is 46.8 Å². The quantitative estimate of drug-likeness (QED) is 0.836. The topological polar surface area (TPSA) is 66.5 Å². The van der Waals surface area contributed by atoms with Gasteiger partial charge in [0, 0.05) is 24.3 Å². The molecule has 3 rings (SSSR count). The first-order chi connectivity index (χ1) is 13.2. The minimum atomic E-state index is -3.58.